The molecule has 2 aromatic carbocycles. The molecule has 0 saturated heterocycles. The quantitative estimate of drug-likeness (QED) is 0.804. The number of hydrogen-bond donors (Lipinski definition) is 1. The Morgan fingerprint density at radius 1 is 1.09 bits per heavy atom. The molecule has 2 rings (SSSR count). The molecule has 0 bridgehead atoms. The van der Waals surface area contributed by atoms with Gasteiger partial charge in [-0.3, -0.25) is 4.79 Å². The second kappa shape index (κ2) is 8.23. The van der Waals surface area contributed by atoms with Gasteiger partial charge in [0, 0.05) is 5.02 Å². The van der Waals surface area contributed by atoms with Crippen LogP contribution in [0.1, 0.15) is 25.5 Å². The van der Waals surface area contributed by atoms with Crippen molar-refractivity contribution in [1.82, 2.24) is 5.32 Å². The van der Waals surface area contributed by atoms with Gasteiger partial charge in [-0.1, -0.05) is 61.3 Å². The van der Waals surface area contributed by atoms with Gasteiger partial charge in [0.05, 0.1) is 11.1 Å². The molecule has 0 radical (unpaired) electrons. The molecule has 0 spiro atoms. The van der Waals surface area contributed by atoms with E-state index in [0.717, 1.165) is 5.56 Å². The SMILES string of the molecule is CC(C)C(NC(=O)COc1ccccc1Cl)c1ccc(Cl)cc1. The van der Waals surface area contributed by atoms with Crippen LogP contribution in [0.3, 0.4) is 0 Å². The molecule has 0 aliphatic heterocycles. The van der Waals surface area contributed by atoms with Crippen molar-refractivity contribution in [1.29, 1.82) is 0 Å². The summed E-state index contributed by atoms with van der Waals surface area (Å²) in [6.07, 6.45) is 0. The molecule has 0 heterocycles. The zero-order valence-corrected chi connectivity index (χ0v) is 14.6. The Labute approximate surface area is 146 Å². The fourth-order valence-electron chi connectivity index (χ4n) is 2.23. The van der Waals surface area contributed by atoms with Crippen LogP contribution in [0.2, 0.25) is 10.0 Å². The summed E-state index contributed by atoms with van der Waals surface area (Å²) in [6, 6.07) is 14.4. The molecule has 0 aliphatic rings. The normalized spacial score (nSPS) is 12.0. The fourth-order valence-corrected chi connectivity index (χ4v) is 2.54. The average molecular weight is 352 g/mol. The largest absolute Gasteiger partial charge is 0.482 e. The van der Waals surface area contributed by atoms with Crippen LogP contribution < -0.4 is 10.1 Å². The van der Waals surface area contributed by atoms with Gasteiger partial charge in [0.2, 0.25) is 0 Å². The number of rotatable bonds is 6. The summed E-state index contributed by atoms with van der Waals surface area (Å²) in [4.78, 5) is 12.2. The van der Waals surface area contributed by atoms with Gasteiger partial charge < -0.3 is 10.1 Å². The Kier molecular flexibility index (Phi) is 6.31. The molecule has 0 aliphatic carbocycles. The summed E-state index contributed by atoms with van der Waals surface area (Å²) in [5.41, 5.74) is 1.01. The van der Waals surface area contributed by atoms with Crippen molar-refractivity contribution in [3.63, 3.8) is 0 Å². The number of benzene rings is 2. The number of ether oxygens (including phenoxy) is 1. The highest BCUT2D eigenvalue weighted by molar-refractivity contribution is 6.32. The Balaban J connectivity index is 1.98. The van der Waals surface area contributed by atoms with E-state index in [-0.39, 0.29) is 24.5 Å². The van der Waals surface area contributed by atoms with Crippen molar-refractivity contribution < 1.29 is 9.53 Å². The van der Waals surface area contributed by atoms with E-state index in [1.807, 2.05) is 36.4 Å². The molecule has 3 nitrogen and oxygen atoms in total. The molecular formula is C18H19Cl2NO2. The third-order valence-corrected chi connectivity index (χ3v) is 3.97. The highest BCUT2D eigenvalue weighted by Crippen LogP contribution is 2.24. The Morgan fingerprint density at radius 2 is 1.74 bits per heavy atom. The predicted molar refractivity (Wildman–Crippen MR) is 94.1 cm³/mol. The van der Waals surface area contributed by atoms with Crippen LogP contribution in [0.25, 0.3) is 0 Å². The zero-order valence-electron chi connectivity index (χ0n) is 13.1. The predicted octanol–water partition coefficient (Wildman–Crippen LogP) is 4.89. The topological polar surface area (TPSA) is 38.3 Å². The van der Waals surface area contributed by atoms with Crippen LogP contribution in [0.5, 0.6) is 5.75 Å². The molecule has 1 N–H and O–H groups in total. The number of hydrogen-bond acceptors (Lipinski definition) is 2. The summed E-state index contributed by atoms with van der Waals surface area (Å²) < 4.78 is 5.47. The van der Waals surface area contributed by atoms with E-state index in [4.69, 9.17) is 27.9 Å². The molecule has 1 atom stereocenters. The van der Waals surface area contributed by atoms with E-state index >= 15 is 0 Å². The number of carbonyl (C=O) groups excluding carboxylic acids is 1. The number of halogens is 2. The second-order valence-corrected chi connectivity index (χ2v) is 6.40. The van der Waals surface area contributed by atoms with Crippen LogP contribution in [0, 0.1) is 5.92 Å². The maximum absolute atomic E-state index is 12.2. The average Bonchev–Trinajstić information content (AvgIpc) is 2.52. The molecule has 0 aromatic heterocycles. The van der Waals surface area contributed by atoms with E-state index in [0.29, 0.717) is 15.8 Å². The molecular weight excluding hydrogens is 333 g/mol. The molecule has 5 heteroatoms. The van der Waals surface area contributed by atoms with Crippen LogP contribution in [0.15, 0.2) is 48.5 Å². The number of carbonyl (C=O) groups is 1. The maximum Gasteiger partial charge on any atom is 0.258 e. The summed E-state index contributed by atoms with van der Waals surface area (Å²) in [6.45, 7) is 4.02. The first kappa shape index (κ1) is 17.6. The van der Waals surface area contributed by atoms with E-state index in [1.165, 1.54) is 0 Å². The fraction of sp³-hybridized carbons (Fsp3) is 0.278. The summed E-state index contributed by atoms with van der Waals surface area (Å²) >= 11 is 11.9. The molecule has 122 valence electrons. The van der Waals surface area contributed by atoms with Crippen molar-refractivity contribution >= 4 is 29.1 Å². The number of para-hydroxylation sites is 1. The van der Waals surface area contributed by atoms with Gasteiger partial charge in [-0.05, 0) is 35.7 Å². The first-order valence-electron chi connectivity index (χ1n) is 7.39. The van der Waals surface area contributed by atoms with Crippen molar-refractivity contribution in [3.05, 3.63) is 64.1 Å². The lowest BCUT2D eigenvalue weighted by molar-refractivity contribution is -0.124. The van der Waals surface area contributed by atoms with Crippen LogP contribution in [0.4, 0.5) is 0 Å². The molecule has 0 saturated carbocycles. The maximum atomic E-state index is 12.2. The highest BCUT2D eigenvalue weighted by atomic mass is 35.5. The summed E-state index contributed by atoms with van der Waals surface area (Å²) in [7, 11) is 0. The number of amides is 1. The minimum absolute atomic E-state index is 0.0828. The van der Waals surface area contributed by atoms with Crippen molar-refractivity contribution in [2.24, 2.45) is 5.92 Å². The van der Waals surface area contributed by atoms with E-state index in [2.05, 4.69) is 19.2 Å². The first-order valence-corrected chi connectivity index (χ1v) is 8.15. The molecule has 23 heavy (non-hydrogen) atoms. The van der Waals surface area contributed by atoms with Crippen LogP contribution in [-0.4, -0.2) is 12.5 Å². The Bertz CT molecular complexity index is 656. The Hall–Kier alpha value is -1.71. The molecule has 1 unspecified atom stereocenters. The lowest BCUT2D eigenvalue weighted by atomic mass is 9.96. The highest BCUT2D eigenvalue weighted by Gasteiger charge is 2.18. The summed E-state index contributed by atoms with van der Waals surface area (Å²) in [5, 5.41) is 4.15. The number of nitrogens with one attached hydrogen (secondary N) is 1. The zero-order chi connectivity index (χ0) is 16.8. The van der Waals surface area contributed by atoms with Gasteiger partial charge in [-0.25, -0.2) is 0 Å². The first-order chi connectivity index (χ1) is 11.0. The van der Waals surface area contributed by atoms with Gasteiger partial charge in [-0.15, -0.1) is 0 Å². The van der Waals surface area contributed by atoms with Gasteiger partial charge in [-0.2, -0.15) is 0 Å². The monoisotopic (exact) mass is 351 g/mol. The Morgan fingerprint density at radius 3 is 2.35 bits per heavy atom. The van der Waals surface area contributed by atoms with E-state index in [9.17, 15) is 4.79 Å². The van der Waals surface area contributed by atoms with Crippen molar-refractivity contribution in [2.75, 3.05) is 6.61 Å². The lowest BCUT2D eigenvalue weighted by Crippen LogP contribution is -2.35. The second-order valence-electron chi connectivity index (χ2n) is 5.56. The van der Waals surface area contributed by atoms with Gasteiger partial charge in [0.25, 0.3) is 5.91 Å². The van der Waals surface area contributed by atoms with Crippen molar-refractivity contribution in [2.45, 2.75) is 19.9 Å². The molecule has 2 aromatic rings. The molecule has 1 amide bonds. The smallest absolute Gasteiger partial charge is 0.258 e. The van der Waals surface area contributed by atoms with Gasteiger partial charge >= 0.3 is 0 Å². The minimum atomic E-state index is -0.196. The van der Waals surface area contributed by atoms with E-state index in [1.54, 1.807) is 12.1 Å². The summed E-state index contributed by atoms with van der Waals surface area (Å²) in [5.74, 6) is 0.538. The minimum Gasteiger partial charge on any atom is -0.482 e. The van der Waals surface area contributed by atoms with E-state index < -0.39 is 0 Å². The van der Waals surface area contributed by atoms with Gasteiger partial charge in [0.1, 0.15) is 5.75 Å². The van der Waals surface area contributed by atoms with Gasteiger partial charge in [0.15, 0.2) is 6.61 Å². The lowest BCUT2D eigenvalue weighted by Gasteiger charge is -2.23. The standard InChI is InChI=1S/C18H19Cl2NO2/c1-12(2)18(13-7-9-14(19)10-8-13)21-17(22)11-23-16-6-4-3-5-15(16)20/h3-10,12,18H,11H2,1-2H3,(H,21,22). The molecule has 0 fully saturated rings. The van der Waals surface area contributed by atoms with Crippen LogP contribution in [-0.2, 0) is 4.79 Å². The third kappa shape index (κ3) is 5.15. The van der Waals surface area contributed by atoms with Crippen LogP contribution >= 0.6 is 23.2 Å². The van der Waals surface area contributed by atoms with Crippen molar-refractivity contribution in [3.8, 4) is 5.75 Å². The third-order valence-electron chi connectivity index (χ3n) is 3.41.